The van der Waals surface area contributed by atoms with Crippen LogP contribution in [0.4, 0.5) is 0 Å². The van der Waals surface area contributed by atoms with Gasteiger partial charge in [-0.1, -0.05) is 20.8 Å². The highest BCUT2D eigenvalue weighted by Crippen LogP contribution is 2.68. The van der Waals surface area contributed by atoms with Gasteiger partial charge in [0.05, 0.1) is 12.2 Å². The Morgan fingerprint density at radius 1 is 0.917 bits per heavy atom. The van der Waals surface area contributed by atoms with Crippen molar-refractivity contribution in [2.45, 2.75) is 91.3 Å². The Labute approximate surface area is 148 Å². The number of fused-ring (bicyclic) bond motifs is 5. The van der Waals surface area contributed by atoms with Crippen LogP contribution in [0.15, 0.2) is 0 Å². The molecule has 24 heavy (non-hydrogen) atoms. The van der Waals surface area contributed by atoms with Crippen LogP contribution in [0.3, 0.4) is 0 Å². The third kappa shape index (κ3) is 2.28. The largest absolute Gasteiger partial charge is 0.393 e. The van der Waals surface area contributed by atoms with Crippen LogP contribution in [-0.4, -0.2) is 22.4 Å². The maximum Gasteiger partial charge on any atom is 0.0548 e. The van der Waals surface area contributed by atoms with Crippen LogP contribution in [0.5, 0.6) is 0 Å². The molecule has 2 N–H and O–H groups in total. The van der Waals surface area contributed by atoms with Crippen LogP contribution in [0.25, 0.3) is 0 Å². The normalized spacial score (nSPS) is 58.5. The molecule has 0 spiro atoms. The van der Waals surface area contributed by atoms with Crippen molar-refractivity contribution in [3.8, 4) is 0 Å². The second-order valence-electron chi connectivity index (χ2n) is 10.6. The lowest BCUT2D eigenvalue weighted by Crippen LogP contribution is -2.54. The first kappa shape index (κ1) is 17.3. The van der Waals surface area contributed by atoms with Gasteiger partial charge in [0.15, 0.2) is 0 Å². The summed E-state index contributed by atoms with van der Waals surface area (Å²) in [7, 11) is 0. The molecule has 0 aromatic rings. The number of aliphatic hydroxyl groups excluding tert-OH is 2. The summed E-state index contributed by atoms with van der Waals surface area (Å²) < 4.78 is 0. The van der Waals surface area contributed by atoms with Gasteiger partial charge in [0, 0.05) is 0 Å². The van der Waals surface area contributed by atoms with Crippen molar-refractivity contribution in [2.75, 3.05) is 0 Å². The highest BCUT2D eigenvalue weighted by atomic mass is 16.3. The standard InChI is InChI=1S/C22H38O2/c1-13-11-19-17-6-5-15-12-16(24)7-9-21(15,3)18(17)8-10-22(19,4)20(13)14(2)23/h13-20,23-24H,5-12H2,1-4H3. The second-order valence-corrected chi connectivity index (χ2v) is 10.6. The number of hydrogen-bond donors (Lipinski definition) is 2. The first-order valence-electron chi connectivity index (χ1n) is 10.6. The van der Waals surface area contributed by atoms with Crippen LogP contribution in [0, 0.1) is 46.3 Å². The van der Waals surface area contributed by atoms with Crippen molar-refractivity contribution in [3.05, 3.63) is 0 Å². The summed E-state index contributed by atoms with van der Waals surface area (Å²) in [5.41, 5.74) is 0.821. The first-order chi connectivity index (χ1) is 11.3. The highest BCUT2D eigenvalue weighted by molar-refractivity contribution is 5.11. The minimum absolute atomic E-state index is 0.0420. The summed E-state index contributed by atoms with van der Waals surface area (Å²) in [5.74, 6) is 4.45. The molecule has 10 unspecified atom stereocenters. The van der Waals surface area contributed by atoms with Crippen molar-refractivity contribution < 1.29 is 10.2 Å². The molecule has 0 aliphatic heterocycles. The smallest absolute Gasteiger partial charge is 0.0548 e. The fourth-order valence-corrected chi connectivity index (χ4v) is 8.66. The molecule has 4 aliphatic carbocycles. The molecule has 0 saturated heterocycles. The van der Waals surface area contributed by atoms with Gasteiger partial charge in [-0.05, 0) is 105 Å². The van der Waals surface area contributed by atoms with E-state index in [9.17, 15) is 10.2 Å². The van der Waals surface area contributed by atoms with Crippen molar-refractivity contribution >= 4 is 0 Å². The third-order valence-electron chi connectivity index (χ3n) is 9.60. The van der Waals surface area contributed by atoms with E-state index >= 15 is 0 Å². The van der Waals surface area contributed by atoms with Gasteiger partial charge < -0.3 is 10.2 Å². The Hall–Kier alpha value is -0.0800. The summed E-state index contributed by atoms with van der Waals surface area (Å²) in [4.78, 5) is 0. The molecule has 2 nitrogen and oxygen atoms in total. The van der Waals surface area contributed by atoms with Gasteiger partial charge in [-0.2, -0.15) is 0 Å². The third-order valence-corrected chi connectivity index (χ3v) is 9.60. The van der Waals surface area contributed by atoms with Gasteiger partial charge in [0.25, 0.3) is 0 Å². The number of rotatable bonds is 1. The molecule has 0 bridgehead atoms. The van der Waals surface area contributed by atoms with Crippen molar-refractivity contribution in [3.63, 3.8) is 0 Å². The monoisotopic (exact) mass is 334 g/mol. The van der Waals surface area contributed by atoms with Crippen LogP contribution in [-0.2, 0) is 0 Å². The zero-order valence-electron chi connectivity index (χ0n) is 16.2. The SMILES string of the molecule is CC(O)C1C(C)CC2C3CCC4CC(O)CCC4(C)C3CCC21C. The molecule has 0 radical (unpaired) electrons. The summed E-state index contributed by atoms with van der Waals surface area (Å²) in [6.45, 7) is 9.49. The van der Waals surface area contributed by atoms with E-state index in [2.05, 4.69) is 20.8 Å². The van der Waals surface area contributed by atoms with E-state index in [1.165, 1.54) is 38.5 Å². The molecule has 2 heteroatoms. The minimum atomic E-state index is -0.164. The highest BCUT2D eigenvalue weighted by Gasteiger charge is 2.62. The second kappa shape index (κ2) is 5.71. The minimum Gasteiger partial charge on any atom is -0.393 e. The van der Waals surface area contributed by atoms with E-state index in [0.717, 1.165) is 36.5 Å². The van der Waals surface area contributed by atoms with Crippen LogP contribution < -0.4 is 0 Å². The molecule has 0 aromatic carbocycles. The summed E-state index contributed by atoms with van der Waals surface area (Å²) in [6.07, 6.45) is 9.80. The zero-order valence-corrected chi connectivity index (χ0v) is 16.2. The lowest BCUT2D eigenvalue weighted by molar-refractivity contribution is -0.132. The average Bonchev–Trinajstić information content (AvgIpc) is 2.78. The fourth-order valence-electron chi connectivity index (χ4n) is 8.66. The molecule has 4 saturated carbocycles. The predicted molar refractivity (Wildman–Crippen MR) is 97.5 cm³/mol. The van der Waals surface area contributed by atoms with E-state index in [4.69, 9.17) is 0 Å². The molecule has 10 atom stereocenters. The molecular weight excluding hydrogens is 296 g/mol. The van der Waals surface area contributed by atoms with Gasteiger partial charge in [0.2, 0.25) is 0 Å². The van der Waals surface area contributed by atoms with E-state index in [-0.39, 0.29) is 12.2 Å². The molecule has 4 rings (SSSR count). The molecule has 0 heterocycles. The quantitative estimate of drug-likeness (QED) is 0.734. The van der Waals surface area contributed by atoms with E-state index < -0.39 is 0 Å². The Morgan fingerprint density at radius 2 is 1.62 bits per heavy atom. The van der Waals surface area contributed by atoms with Gasteiger partial charge in [-0.3, -0.25) is 0 Å². The molecule has 0 aromatic heterocycles. The van der Waals surface area contributed by atoms with Gasteiger partial charge in [0.1, 0.15) is 0 Å². The Kier molecular flexibility index (Phi) is 4.12. The maximum atomic E-state index is 10.5. The number of aliphatic hydroxyl groups is 2. The summed E-state index contributed by atoms with van der Waals surface area (Å²) >= 11 is 0. The lowest BCUT2D eigenvalue weighted by atomic mass is 9.44. The van der Waals surface area contributed by atoms with Gasteiger partial charge in [-0.25, -0.2) is 0 Å². The average molecular weight is 335 g/mol. The lowest BCUT2D eigenvalue weighted by Gasteiger charge is -2.61. The van der Waals surface area contributed by atoms with Crippen LogP contribution in [0.1, 0.15) is 79.1 Å². The van der Waals surface area contributed by atoms with Crippen molar-refractivity contribution in [1.82, 2.24) is 0 Å². The van der Waals surface area contributed by atoms with Crippen molar-refractivity contribution in [2.24, 2.45) is 46.3 Å². The molecular formula is C22H38O2. The van der Waals surface area contributed by atoms with Crippen LogP contribution >= 0.6 is 0 Å². The molecule has 4 fully saturated rings. The molecule has 138 valence electrons. The predicted octanol–water partition coefficient (Wildman–Crippen LogP) is 4.63. The van der Waals surface area contributed by atoms with Crippen LogP contribution in [0.2, 0.25) is 0 Å². The van der Waals surface area contributed by atoms with Gasteiger partial charge >= 0.3 is 0 Å². The number of hydrogen-bond acceptors (Lipinski definition) is 2. The van der Waals surface area contributed by atoms with E-state index in [1.54, 1.807) is 0 Å². The van der Waals surface area contributed by atoms with E-state index in [1.807, 2.05) is 6.92 Å². The van der Waals surface area contributed by atoms with E-state index in [0.29, 0.717) is 22.7 Å². The Balaban J connectivity index is 1.63. The summed E-state index contributed by atoms with van der Waals surface area (Å²) in [6, 6.07) is 0. The van der Waals surface area contributed by atoms with Gasteiger partial charge in [-0.15, -0.1) is 0 Å². The molecule has 4 aliphatic rings. The first-order valence-corrected chi connectivity index (χ1v) is 10.6. The maximum absolute atomic E-state index is 10.5. The Morgan fingerprint density at radius 3 is 2.33 bits per heavy atom. The summed E-state index contributed by atoms with van der Waals surface area (Å²) in [5, 5.41) is 20.6. The van der Waals surface area contributed by atoms with Crippen molar-refractivity contribution in [1.29, 1.82) is 0 Å². The fraction of sp³-hybridized carbons (Fsp3) is 1.00. The topological polar surface area (TPSA) is 40.5 Å². The molecule has 0 amide bonds. The Bertz CT molecular complexity index is 488. The zero-order chi connectivity index (χ0) is 17.3.